The Morgan fingerprint density at radius 3 is 2.23 bits per heavy atom. The van der Waals surface area contributed by atoms with Crippen LogP contribution in [0.3, 0.4) is 0 Å². The molecular weight excluding hydrogens is 155 g/mol. The van der Waals surface area contributed by atoms with Crippen molar-refractivity contribution in [2.45, 2.75) is 27.6 Å². The standard InChI is InChI=1S/C12H16B/c1-7-12(8-10(4)13-6)11(5)9(2)3/h1,8H,4H2,2-3,5-6H3/b12-8-. The maximum atomic E-state index is 5.41. The van der Waals surface area contributed by atoms with Gasteiger partial charge >= 0.3 is 0 Å². The van der Waals surface area contributed by atoms with E-state index in [1.807, 2.05) is 27.1 Å². The van der Waals surface area contributed by atoms with E-state index in [4.69, 9.17) is 6.42 Å². The van der Waals surface area contributed by atoms with Crippen LogP contribution in [0.4, 0.5) is 0 Å². The lowest BCUT2D eigenvalue weighted by Gasteiger charge is -2.03. The first-order valence-corrected chi connectivity index (χ1v) is 4.34. The lowest BCUT2D eigenvalue weighted by Crippen LogP contribution is -1.90. The van der Waals surface area contributed by atoms with Crippen LogP contribution in [-0.4, -0.2) is 7.28 Å². The highest BCUT2D eigenvalue weighted by atomic mass is 14.0. The van der Waals surface area contributed by atoms with E-state index in [0.717, 1.165) is 16.6 Å². The molecule has 0 atom stereocenters. The molecule has 0 aromatic rings. The van der Waals surface area contributed by atoms with Crippen LogP contribution in [-0.2, 0) is 0 Å². The monoisotopic (exact) mass is 171 g/mol. The zero-order valence-corrected chi connectivity index (χ0v) is 8.94. The molecule has 13 heavy (non-hydrogen) atoms. The van der Waals surface area contributed by atoms with E-state index in [9.17, 15) is 0 Å². The van der Waals surface area contributed by atoms with Crippen molar-refractivity contribution in [3.8, 4) is 12.3 Å². The molecule has 0 aliphatic carbocycles. The second-order valence-corrected chi connectivity index (χ2v) is 3.19. The third-order valence-corrected chi connectivity index (χ3v) is 2.01. The predicted octanol–water partition coefficient (Wildman–Crippen LogP) is 3.17. The fourth-order valence-corrected chi connectivity index (χ4v) is 0.796. The summed E-state index contributed by atoms with van der Waals surface area (Å²) in [5.74, 6) is 2.67. The van der Waals surface area contributed by atoms with Gasteiger partial charge in [0.2, 0.25) is 0 Å². The van der Waals surface area contributed by atoms with Crippen LogP contribution in [0, 0.1) is 12.3 Å². The summed E-state index contributed by atoms with van der Waals surface area (Å²) in [6, 6.07) is 0. The largest absolute Gasteiger partial charge is 0.147 e. The Balaban J connectivity index is 4.96. The summed E-state index contributed by atoms with van der Waals surface area (Å²) in [6.07, 6.45) is 7.34. The van der Waals surface area contributed by atoms with E-state index in [2.05, 4.69) is 26.3 Å². The first kappa shape index (κ1) is 11.8. The second-order valence-electron chi connectivity index (χ2n) is 3.19. The summed E-state index contributed by atoms with van der Waals surface area (Å²) in [6.45, 7) is 11.9. The lowest BCUT2D eigenvalue weighted by molar-refractivity contribution is 1.27. The maximum absolute atomic E-state index is 5.41. The van der Waals surface area contributed by atoms with E-state index >= 15 is 0 Å². The Hall–Kier alpha value is -1.16. The number of hydrogen-bond donors (Lipinski definition) is 0. The summed E-state index contributed by atoms with van der Waals surface area (Å²) in [5.41, 5.74) is 4.27. The van der Waals surface area contributed by atoms with Gasteiger partial charge in [-0.05, 0) is 26.3 Å². The smallest absolute Gasteiger partial charge is 0.115 e. The van der Waals surface area contributed by atoms with Gasteiger partial charge in [-0.2, -0.15) is 0 Å². The summed E-state index contributed by atoms with van der Waals surface area (Å²) in [4.78, 5) is 0. The molecule has 67 valence electrons. The van der Waals surface area contributed by atoms with Crippen molar-refractivity contribution in [1.29, 1.82) is 0 Å². The molecule has 0 saturated heterocycles. The van der Waals surface area contributed by atoms with Gasteiger partial charge in [-0.1, -0.05) is 29.9 Å². The molecule has 0 aromatic carbocycles. The third-order valence-electron chi connectivity index (χ3n) is 2.01. The van der Waals surface area contributed by atoms with E-state index in [1.165, 1.54) is 5.57 Å². The van der Waals surface area contributed by atoms with Crippen LogP contribution in [0.15, 0.2) is 34.8 Å². The van der Waals surface area contributed by atoms with Gasteiger partial charge in [0.1, 0.15) is 7.28 Å². The molecule has 0 unspecified atom stereocenters. The molecule has 0 rings (SSSR count). The molecule has 1 radical (unpaired) electrons. The fourth-order valence-electron chi connectivity index (χ4n) is 0.796. The van der Waals surface area contributed by atoms with Crippen molar-refractivity contribution in [3.05, 3.63) is 34.8 Å². The highest BCUT2D eigenvalue weighted by Gasteiger charge is 1.98. The topological polar surface area (TPSA) is 0 Å². The van der Waals surface area contributed by atoms with Gasteiger partial charge in [0.25, 0.3) is 0 Å². The van der Waals surface area contributed by atoms with Crippen LogP contribution in [0.2, 0.25) is 6.82 Å². The van der Waals surface area contributed by atoms with Gasteiger partial charge in [-0.3, -0.25) is 0 Å². The van der Waals surface area contributed by atoms with Gasteiger partial charge in [-0.15, -0.1) is 13.0 Å². The molecule has 0 heterocycles. The normalized spacial score (nSPS) is 10.2. The van der Waals surface area contributed by atoms with Crippen molar-refractivity contribution in [3.63, 3.8) is 0 Å². The van der Waals surface area contributed by atoms with Crippen LogP contribution in [0.1, 0.15) is 20.8 Å². The molecule has 0 fully saturated rings. The molecule has 0 bridgehead atoms. The van der Waals surface area contributed by atoms with E-state index in [-0.39, 0.29) is 0 Å². The van der Waals surface area contributed by atoms with E-state index in [1.54, 1.807) is 0 Å². The van der Waals surface area contributed by atoms with Crippen molar-refractivity contribution >= 4 is 7.28 Å². The molecule has 0 aliphatic heterocycles. The van der Waals surface area contributed by atoms with Crippen molar-refractivity contribution in [2.24, 2.45) is 0 Å². The Morgan fingerprint density at radius 1 is 1.38 bits per heavy atom. The number of hydrogen-bond acceptors (Lipinski definition) is 0. The first-order valence-electron chi connectivity index (χ1n) is 4.34. The minimum atomic E-state index is 0.920. The minimum absolute atomic E-state index is 0.920. The lowest BCUT2D eigenvalue weighted by atomic mass is 9.72. The highest BCUT2D eigenvalue weighted by molar-refractivity contribution is 6.44. The Bertz CT molecular complexity index is 294. The third kappa shape index (κ3) is 3.85. The van der Waals surface area contributed by atoms with E-state index in [0.29, 0.717) is 0 Å². The molecule has 0 aliphatic rings. The zero-order chi connectivity index (χ0) is 10.4. The van der Waals surface area contributed by atoms with Crippen molar-refractivity contribution in [2.75, 3.05) is 0 Å². The Labute approximate surface area is 82.7 Å². The zero-order valence-electron chi connectivity index (χ0n) is 8.94. The quantitative estimate of drug-likeness (QED) is 0.347. The molecule has 1 heteroatoms. The van der Waals surface area contributed by atoms with Crippen LogP contribution in [0.5, 0.6) is 0 Å². The summed E-state index contributed by atoms with van der Waals surface area (Å²) in [7, 11) is 1.94. The molecule has 0 saturated carbocycles. The van der Waals surface area contributed by atoms with Gasteiger partial charge in [0.05, 0.1) is 0 Å². The number of rotatable bonds is 3. The Morgan fingerprint density at radius 2 is 1.92 bits per heavy atom. The van der Waals surface area contributed by atoms with Crippen molar-refractivity contribution < 1.29 is 0 Å². The molecule has 0 amide bonds. The number of terminal acetylenes is 1. The SMILES string of the molecule is C#C/C(=C/C(=C)[B]C)C(C)=C(C)C. The average Bonchev–Trinajstić information content (AvgIpc) is 2.12. The van der Waals surface area contributed by atoms with Crippen LogP contribution < -0.4 is 0 Å². The second kappa shape index (κ2) is 5.48. The molecular formula is C12H16B. The predicted molar refractivity (Wildman–Crippen MR) is 61.7 cm³/mol. The summed E-state index contributed by atoms with van der Waals surface area (Å²) >= 11 is 0. The Kier molecular flexibility index (Phi) is 5.00. The van der Waals surface area contributed by atoms with Gasteiger partial charge in [0, 0.05) is 5.57 Å². The maximum Gasteiger partial charge on any atom is 0.147 e. The summed E-state index contributed by atoms with van der Waals surface area (Å²) < 4.78 is 0. The highest BCUT2D eigenvalue weighted by Crippen LogP contribution is 2.14. The first-order chi connectivity index (χ1) is 6.02. The van der Waals surface area contributed by atoms with Gasteiger partial charge in [-0.25, -0.2) is 0 Å². The molecule has 0 aromatic heterocycles. The molecule has 0 spiro atoms. The molecule has 0 N–H and O–H groups in total. The van der Waals surface area contributed by atoms with Crippen LogP contribution in [0.25, 0.3) is 0 Å². The van der Waals surface area contributed by atoms with E-state index < -0.39 is 0 Å². The van der Waals surface area contributed by atoms with Gasteiger partial charge in [0.15, 0.2) is 0 Å². The summed E-state index contributed by atoms with van der Waals surface area (Å²) in [5, 5.41) is 0. The fraction of sp³-hybridized carbons (Fsp3) is 0.333. The average molecular weight is 171 g/mol. The van der Waals surface area contributed by atoms with Crippen molar-refractivity contribution in [1.82, 2.24) is 0 Å². The van der Waals surface area contributed by atoms with Gasteiger partial charge < -0.3 is 0 Å². The minimum Gasteiger partial charge on any atom is -0.115 e. The number of allylic oxidation sites excluding steroid dienone is 5. The molecule has 0 nitrogen and oxygen atoms in total. The van der Waals surface area contributed by atoms with Crippen LogP contribution >= 0.6 is 0 Å².